The van der Waals surface area contributed by atoms with Crippen LogP contribution in [0, 0.1) is 0 Å². The Labute approximate surface area is 169 Å². The van der Waals surface area contributed by atoms with Gasteiger partial charge in [-0.2, -0.15) is 0 Å². The minimum Gasteiger partial charge on any atom is -0.309 e. The van der Waals surface area contributed by atoms with E-state index in [0.29, 0.717) is 23.7 Å². The van der Waals surface area contributed by atoms with Gasteiger partial charge >= 0.3 is 0 Å². The lowest BCUT2D eigenvalue weighted by atomic mass is 9.98. The number of carbonyl (C=O) groups excluding carboxylic acids is 4. The van der Waals surface area contributed by atoms with Crippen LogP contribution in [0.5, 0.6) is 0 Å². The fourth-order valence-corrected chi connectivity index (χ4v) is 4.34. The monoisotopic (exact) mass is 398 g/mol. The summed E-state index contributed by atoms with van der Waals surface area (Å²) in [6.07, 6.45) is 0.280. The molecule has 2 N–H and O–H groups in total. The van der Waals surface area contributed by atoms with Crippen molar-refractivity contribution >= 4 is 23.6 Å². The molecule has 3 heterocycles. The Balaban J connectivity index is 1.56. The van der Waals surface area contributed by atoms with Crippen molar-refractivity contribution in [2.24, 2.45) is 0 Å². The first-order valence-corrected chi connectivity index (χ1v) is 10.00. The number of hydrogen-bond acceptors (Lipinski definition) is 6. The Morgan fingerprint density at radius 1 is 1.10 bits per heavy atom. The summed E-state index contributed by atoms with van der Waals surface area (Å²) in [5.74, 6) is -1.90. The van der Waals surface area contributed by atoms with Crippen molar-refractivity contribution in [3.63, 3.8) is 0 Å². The SMILES string of the molecule is CC1CNC(C)(C)CN1Cc1ccc2c(c1)C(=O)N(C1CCC(=O)NC1=O)C2=O. The van der Waals surface area contributed by atoms with Crippen LogP contribution >= 0.6 is 0 Å². The van der Waals surface area contributed by atoms with Gasteiger partial charge in [0.05, 0.1) is 11.1 Å². The van der Waals surface area contributed by atoms with E-state index in [4.69, 9.17) is 0 Å². The first-order chi connectivity index (χ1) is 13.7. The van der Waals surface area contributed by atoms with Gasteiger partial charge < -0.3 is 5.32 Å². The van der Waals surface area contributed by atoms with E-state index < -0.39 is 23.8 Å². The molecule has 0 aromatic heterocycles. The van der Waals surface area contributed by atoms with Crippen LogP contribution in [0.4, 0.5) is 0 Å². The molecule has 3 aliphatic rings. The molecule has 2 atom stereocenters. The van der Waals surface area contributed by atoms with Gasteiger partial charge in [0.2, 0.25) is 11.8 Å². The molecule has 0 bridgehead atoms. The molecule has 8 nitrogen and oxygen atoms in total. The van der Waals surface area contributed by atoms with Crippen molar-refractivity contribution in [3.8, 4) is 0 Å². The van der Waals surface area contributed by atoms with Gasteiger partial charge in [-0.1, -0.05) is 6.07 Å². The number of piperazine rings is 1. The summed E-state index contributed by atoms with van der Waals surface area (Å²) >= 11 is 0. The number of imide groups is 2. The third-order valence-corrected chi connectivity index (χ3v) is 5.99. The van der Waals surface area contributed by atoms with Crippen molar-refractivity contribution in [1.82, 2.24) is 20.4 Å². The Morgan fingerprint density at radius 3 is 2.55 bits per heavy atom. The van der Waals surface area contributed by atoms with E-state index in [1.807, 2.05) is 6.07 Å². The lowest BCUT2D eigenvalue weighted by Gasteiger charge is -2.43. The highest BCUT2D eigenvalue weighted by Crippen LogP contribution is 2.29. The maximum absolute atomic E-state index is 13.0. The molecule has 0 saturated carbocycles. The summed E-state index contributed by atoms with van der Waals surface area (Å²) in [6, 6.07) is 4.74. The largest absolute Gasteiger partial charge is 0.309 e. The molecule has 1 aromatic carbocycles. The summed E-state index contributed by atoms with van der Waals surface area (Å²) in [6.45, 7) is 8.93. The van der Waals surface area contributed by atoms with Gasteiger partial charge in [-0.05, 0) is 44.9 Å². The molecule has 154 valence electrons. The second kappa shape index (κ2) is 7.03. The van der Waals surface area contributed by atoms with E-state index in [1.165, 1.54) is 0 Å². The van der Waals surface area contributed by atoms with Crippen molar-refractivity contribution < 1.29 is 19.2 Å². The van der Waals surface area contributed by atoms with Gasteiger partial charge in [0.1, 0.15) is 6.04 Å². The van der Waals surface area contributed by atoms with E-state index in [-0.39, 0.29) is 24.3 Å². The average molecular weight is 398 g/mol. The number of hydrogen-bond donors (Lipinski definition) is 2. The molecule has 2 fully saturated rings. The zero-order valence-corrected chi connectivity index (χ0v) is 16.9. The molecular formula is C21H26N4O4. The number of amides is 4. The molecule has 2 saturated heterocycles. The topological polar surface area (TPSA) is 98.8 Å². The van der Waals surface area contributed by atoms with Gasteiger partial charge in [0.15, 0.2) is 0 Å². The smallest absolute Gasteiger partial charge is 0.262 e. The summed E-state index contributed by atoms with van der Waals surface area (Å²) < 4.78 is 0. The van der Waals surface area contributed by atoms with E-state index in [9.17, 15) is 19.2 Å². The molecule has 8 heteroatoms. The van der Waals surface area contributed by atoms with Crippen molar-refractivity contribution in [1.29, 1.82) is 0 Å². The Kier molecular flexibility index (Phi) is 4.78. The van der Waals surface area contributed by atoms with Crippen LogP contribution in [0.25, 0.3) is 0 Å². The molecule has 4 rings (SSSR count). The van der Waals surface area contributed by atoms with E-state index in [1.54, 1.807) is 12.1 Å². The van der Waals surface area contributed by atoms with Crippen LogP contribution < -0.4 is 10.6 Å². The van der Waals surface area contributed by atoms with E-state index >= 15 is 0 Å². The number of nitrogens with one attached hydrogen (secondary N) is 2. The third-order valence-electron chi connectivity index (χ3n) is 5.99. The number of carbonyl (C=O) groups is 4. The standard InChI is InChI=1S/C21H26N4O4/c1-12-9-22-21(2,3)11-24(12)10-13-4-5-14-15(8-13)20(29)25(19(14)28)16-6-7-17(26)23-18(16)27/h4-5,8,12,16,22H,6-7,9-11H2,1-3H3,(H,23,26,27). The highest BCUT2D eigenvalue weighted by atomic mass is 16.2. The maximum Gasteiger partial charge on any atom is 0.262 e. The van der Waals surface area contributed by atoms with Crippen LogP contribution in [0.2, 0.25) is 0 Å². The average Bonchev–Trinajstić information content (AvgIpc) is 2.89. The summed E-state index contributed by atoms with van der Waals surface area (Å²) in [7, 11) is 0. The quantitative estimate of drug-likeness (QED) is 0.726. The number of piperidine rings is 1. The van der Waals surface area contributed by atoms with Crippen molar-refractivity contribution in [3.05, 3.63) is 34.9 Å². The summed E-state index contributed by atoms with van der Waals surface area (Å²) in [4.78, 5) is 52.7. The van der Waals surface area contributed by atoms with Crippen LogP contribution in [0.1, 0.15) is 59.9 Å². The molecule has 1 aromatic rings. The maximum atomic E-state index is 13.0. The lowest BCUT2D eigenvalue weighted by molar-refractivity contribution is -0.136. The Bertz CT molecular complexity index is 910. The predicted octanol–water partition coefficient (Wildman–Crippen LogP) is 0.660. The number of benzene rings is 1. The second-order valence-corrected chi connectivity index (χ2v) is 8.85. The molecular weight excluding hydrogens is 372 g/mol. The van der Waals surface area contributed by atoms with E-state index in [2.05, 4.69) is 36.3 Å². The van der Waals surface area contributed by atoms with Gasteiger partial charge in [-0.15, -0.1) is 0 Å². The molecule has 0 spiro atoms. The first kappa shape index (κ1) is 19.7. The molecule has 4 amide bonds. The van der Waals surface area contributed by atoms with Crippen LogP contribution in [0.3, 0.4) is 0 Å². The van der Waals surface area contributed by atoms with Gasteiger partial charge in [-0.25, -0.2) is 0 Å². The van der Waals surface area contributed by atoms with E-state index in [0.717, 1.165) is 23.6 Å². The molecule has 0 radical (unpaired) electrons. The van der Waals surface area contributed by atoms with Gasteiger partial charge in [0.25, 0.3) is 11.8 Å². The van der Waals surface area contributed by atoms with Gasteiger partial charge in [0, 0.05) is 37.6 Å². The second-order valence-electron chi connectivity index (χ2n) is 8.85. The molecule has 29 heavy (non-hydrogen) atoms. The zero-order valence-electron chi connectivity index (χ0n) is 16.9. The molecule has 3 aliphatic heterocycles. The molecule has 0 aliphatic carbocycles. The van der Waals surface area contributed by atoms with Crippen LogP contribution in [0.15, 0.2) is 18.2 Å². The predicted molar refractivity (Wildman–Crippen MR) is 105 cm³/mol. The van der Waals surface area contributed by atoms with Gasteiger partial charge in [-0.3, -0.25) is 34.3 Å². The molecule has 2 unspecified atom stereocenters. The highest BCUT2D eigenvalue weighted by molar-refractivity contribution is 6.23. The normalized spacial score (nSPS) is 27.2. The van der Waals surface area contributed by atoms with Crippen molar-refractivity contribution in [2.75, 3.05) is 13.1 Å². The third kappa shape index (κ3) is 3.58. The van der Waals surface area contributed by atoms with Crippen LogP contribution in [-0.4, -0.2) is 64.1 Å². The number of nitrogens with zero attached hydrogens (tertiary/aromatic N) is 2. The minimum absolute atomic E-state index is 0.0115. The highest BCUT2D eigenvalue weighted by Gasteiger charge is 2.44. The zero-order chi connectivity index (χ0) is 20.9. The minimum atomic E-state index is -0.933. The summed E-state index contributed by atoms with van der Waals surface area (Å²) in [5, 5.41) is 5.73. The number of rotatable bonds is 3. The fraction of sp³-hybridized carbons (Fsp3) is 0.524. The fourth-order valence-electron chi connectivity index (χ4n) is 4.34. The summed E-state index contributed by atoms with van der Waals surface area (Å²) in [5.41, 5.74) is 1.62. The Hall–Kier alpha value is -2.58. The Morgan fingerprint density at radius 2 is 1.83 bits per heavy atom. The number of fused-ring (bicyclic) bond motifs is 1. The van der Waals surface area contributed by atoms with Crippen molar-refractivity contribution in [2.45, 2.75) is 57.8 Å². The first-order valence-electron chi connectivity index (χ1n) is 10.00. The van der Waals surface area contributed by atoms with Crippen LogP contribution in [-0.2, 0) is 16.1 Å². The lowest BCUT2D eigenvalue weighted by Crippen LogP contribution is -2.60.